The van der Waals surface area contributed by atoms with Gasteiger partial charge in [0.15, 0.2) is 0 Å². The Hall–Kier alpha value is -2.65. The van der Waals surface area contributed by atoms with Crippen LogP contribution < -0.4 is 5.32 Å². The van der Waals surface area contributed by atoms with Crippen LogP contribution in [0.25, 0.3) is 0 Å². The van der Waals surface area contributed by atoms with Gasteiger partial charge in [-0.3, -0.25) is 4.79 Å². The predicted octanol–water partition coefficient (Wildman–Crippen LogP) is 2.61. The van der Waals surface area contributed by atoms with Crippen molar-refractivity contribution in [1.29, 1.82) is 0 Å². The van der Waals surface area contributed by atoms with Crippen LogP contribution in [0.1, 0.15) is 41.4 Å². The Bertz CT molecular complexity index is 1050. The lowest BCUT2D eigenvalue weighted by molar-refractivity contribution is -0.119. The Morgan fingerprint density at radius 1 is 1.17 bits per heavy atom. The maximum absolute atomic E-state index is 13.2. The van der Waals surface area contributed by atoms with E-state index in [-0.39, 0.29) is 29.6 Å². The summed E-state index contributed by atoms with van der Waals surface area (Å²) in [6.07, 6.45) is 2.40. The standard InChI is InChI=1S/C21H27N3O5S/c1-5-29-21(26)19-12-17(13-23(19)4)30(27,28)24-8-6-7-18(24)20(25)22-16-10-14(2)9-15(3)11-16/h9-13,18H,5-8H2,1-4H3,(H,22,25)/t18-/m1/s1. The van der Waals surface area contributed by atoms with Crippen molar-refractivity contribution in [2.24, 2.45) is 7.05 Å². The number of carbonyl (C=O) groups excluding carboxylic acids is 2. The third kappa shape index (κ3) is 4.41. The van der Waals surface area contributed by atoms with Crippen molar-refractivity contribution < 1.29 is 22.7 Å². The van der Waals surface area contributed by atoms with Crippen molar-refractivity contribution >= 4 is 27.6 Å². The van der Waals surface area contributed by atoms with Gasteiger partial charge < -0.3 is 14.6 Å². The fraction of sp³-hybridized carbons (Fsp3) is 0.429. The molecule has 0 spiro atoms. The van der Waals surface area contributed by atoms with E-state index in [0.717, 1.165) is 11.1 Å². The lowest BCUT2D eigenvalue weighted by atomic mass is 10.1. The van der Waals surface area contributed by atoms with Crippen LogP contribution in [0.2, 0.25) is 0 Å². The molecule has 1 N–H and O–H groups in total. The number of sulfonamides is 1. The highest BCUT2D eigenvalue weighted by atomic mass is 32.2. The minimum atomic E-state index is -3.95. The van der Waals surface area contributed by atoms with Gasteiger partial charge in [-0.2, -0.15) is 4.31 Å². The number of aromatic nitrogens is 1. The van der Waals surface area contributed by atoms with Crippen LogP contribution >= 0.6 is 0 Å². The highest BCUT2D eigenvalue weighted by Crippen LogP contribution is 2.28. The monoisotopic (exact) mass is 433 g/mol. The summed E-state index contributed by atoms with van der Waals surface area (Å²) >= 11 is 0. The van der Waals surface area contributed by atoms with Crippen LogP contribution in [-0.2, 0) is 26.6 Å². The second kappa shape index (κ2) is 8.61. The molecule has 1 atom stereocenters. The zero-order chi connectivity index (χ0) is 22.1. The zero-order valence-corrected chi connectivity index (χ0v) is 18.5. The van der Waals surface area contributed by atoms with E-state index < -0.39 is 22.0 Å². The van der Waals surface area contributed by atoms with Crippen LogP contribution in [0, 0.1) is 13.8 Å². The zero-order valence-electron chi connectivity index (χ0n) is 17.6. The Morgan fingerprint density at radius 2 is 1.83 bits per heavy atom. The SMILES string of the molecule is CCOC(=O)c1cc(S(=O)(=O)N2CCC[C@@H]2C(=O)Nc2cc(C)cc(C)c2)cn1C. The Balaban J connectivity index is 1.84. The van der Waals surface area contributed by atoms with Crippen LogP contribution in [0.3, 0.4) is 0 Å². The Morgan fingerprint density at radius 3 is 2.47 bits per heavy atom. The molecular formula is C21H27N3O5S. The maximum atomic E-state index is 13.2. The normalized spacial score (nSPS) is 17.1. The number of esters is 1. The Kier molecular flexibility index (Phi) is 6.33. The highest BCUT2D eigenvalue weighted by molar-refractivity contribution is 7.89. The van der Waals surface area contributed by atoms with Gasteiger partial charge in [0.2, 0.25) is 15.9 Å². The molecule has 1 aromatic carbocycles. The average Bonchev–Trinajstić information content (AvgIpc) is 3.28. The van der Waals surface area contributed by atoms with E-state index >= 15 is 0 Å². The first kappa shape index (κ1) is 22.0. The van der Waals surface area contributed by atoms with Gasteiger partial charge in [-0.25, -0.2) is 13.2 Å². The van der Waals surface area contributed by atoms with E-state index in [1.165, 1.54) is 21.1 Å². The molecule has 1 aliphatic heterocycles. The van der Waals surface area contributed by atoms with Gasteiger partial charge in [-0.05, 0) is 62.9 Å². The lowest BCUT2D eigenvalue weighted by Crippen LogP contribution is -2.43. The van der Waals surface area contributed by atoms with E-state index in [9.17, 15) is 18.0 Å². The number of nitrogens with one attached hydrogen (secondary N) is 1. The minimum Gasteiger partial charge on any atom is -0.461 e. The van der Waals surface area contributed by atoms with Crippen molar-refractivity contribution in [3.05, 3.63) is 47.3 Å². The van der Waals surface area contributed by atoms with Crippen molar-refractivity contribution in [2.45, 2.75) is 44.6 Å². The van der Waals surface area contributed by atoms with Crippen molar-refractivity contribution in [3.63, 3.8) is 0 Å². The van der Waals surface area contributed by atoms with E-state index in [4.69, 9.17) is 4.74 Å². The molecule has 2 aromatic rings. The molecule has 30 heavy (non-hydrogen) atoms. The van der Waals surface area contributed by atoms with E-state index in [1.807, 2.05) is 32.0 Å². The topological polar surface area (TPSA) is 97.7 Å². The molecule has 0 aliphatic carbocycles. The van der Waals surface area contributed by atoms with Crippen molar-refractivity contribution in [1.82, 2.24) is 8.87 Å². The summed E-state index contributed by atoms with van der Waals surface area (Å²) in [5.41, 5.74) is 2.81. The average molecular weight is 434 g/mol. The van der Waals surface area contributed by atoms with Crippen LogP contribution in [0.5, 0.6) is 0 Å². The van der Waals surface area contributed by atoms with Crippen LogP contribution in [0.4, 0.5) is 5.69 Å². The first-order valence-electron chi connectivity index (χ1n) is 9.88. The van der Waals surface area contributed by atoms with Gasteiger partial charge in [0, 0.05) is 25.5 Å². The van der Waals surface area contributed by atoms with E-state index in [2.05, 4.69) is 5.32 Å². The third-order valence-corrected chi connectivity index (χ3v) is 6.94. The first-order valence-corrected chi connectivity index (χ1v) is 11.3. The molecule has 8 nitrogen and oxygen atoms in total. The number of amides is 1. The molecule has 1 fully saturated rings. The fourth-order valence-corrected chi connectivity index (χ4v) is 5.51. The van der Waals surface area contributed by atoms with Crippen LogP contribution in [-0.4, -0.2) is 48.4 Å². The highest BCUT2D eigenvalue weighted by Gasteiger charge is 2.40. The lowest BCUT2D eigenvalue weighted by Gasteiger charge is -2.23. The molecule has 1 amide bonds. The van der Waals surface area contributed by atoms with Gasteiger partial charge in [0.05, 0.1) is 6.61 Å². The van der Waals surface area contributed by atoms with Gasteiger partial charge in [0.1, 0.15) is 16.6 Å². The van der Waals surface area contributed by atoms with Gasteiger partial charge in [-0.15, -0.1) is 0 Å². The van der Waals surface area contributed by atoms with Gasteiger partial charge >= 0.3 is 5.97 Å². The molecule has 3 rings (SSSR count). The molecule has 0 unspecified atom stereocenters. The number of aryl methyl sites for hydroxylation is 3. The number of ether oxygens (including phenoxy) is 1. The van der Waals surface area contributed by atoms with Crippen molar-refractivity contribution in [3.8, 4) is 0 Å². The summed E-state index contributed by atoms with van der Waals surface area (Å²) in [4.78, 5) is 24.9. The predicted molar refractivity (Wildman–Crippen MR) is 113 cm³/mol. The van der Waals surface area contributed by atoms with Crippen LogP contribution in [0.15, 0.2) is 35.4 Å². The molecule has 9 heteroatoms. The molecule has 1 aliphatic rings. The summed E-state index contributed by atoms with van der Waals surface area (Å²) in [6.45, 7) is 5.99. The van der Waals surface area contributed by atoms with E-state index in [0.29, 0.717) is 18.5 Å². The molecule has 0 bridgehead atoms. The quantitative estimate of drug-likeness (QED) is 0.706. The summed E-state index contributed by atoms with van der Waals surface area (Å²) in [7, 11) is -2.36. The minimum absolute atomic E-state index is 0.0286. The molecule has 0 radical (unpaired) electrons. The number of nitrogens with zero attached hydrogens (tertiary/aromatic N) is 2. The van der Waals surface area contributed by atoms with Gasteiger partial charge in [-0.1, -0.05) is 6.07 Å². The number of hydrogen-bond acceptors (Lipinski definition) is 5. The van der Waals surface area contributed by atoms with Gasteiger partial charge in [0.25, 0.3) is 0 Å². The maximum Gasteiger partial charge on any atom is 0.354 e. The fourth-order valence-electron chi connectivity index (χ4n) is 3.78. The summed E-state index contributed by atoms with van der Waals surface area (Å²) < 4.78 is 34.1. The number of benzene rings is 1. The molecule has 1 saturated heterocycles. The molecule has 2 heterocycles. The smallest absolute Gasteiger partial charge is 0.354 e. The number of carbonyl (C=O) groups is 2. The second-order valence-corrected chi connectivity index (χ2v) is 9.42. The largest absolute Gasteiger partial charge is 0.461 e. The first-order chi connectivity index (χ1) is 14.1. The molecular weight excluding hydrogens is 406 g/mol. The number of anilines is 1. The summed E-state index contributed by atoms with van der Waals surface area (Å²) in [6, 6.07) is 6.19. The molecule has 0 saturated carbocycles. The molecule has 162 valence electrons. The summed E-state index contributed by atoms with van der Waals surface area (Å²) in [5, 5.41) is 2.85. The molecule has 1 aromatic heterocycles. The second-order valence-electron chi connectivity index (χ2n) is 7.53. The van der Waals surface area contributed by atoms with E-state index in [1.54, 1.807) is 14.0 Å². The van der Waals surface area contributed by atoms with Crippen molar-refractivity contribution in [2.75, 3.05) is 18.5 Å². The Labute approximate surface area is 176 Å². The number of rotatable bonds is 6. The summed E-state index contributed by atoms with van der Waals surface area (Å²) in [5.74, 6) is -0.949. The number of hydrogen-bond donors (Lipinski definition) is 1. The third-order valence-electron chi connectivity index (χ3n) is 5.07.